The Morgan fingerprint density at radius 1 is 1.29 bits per heavy atom. The van der Waals surface area contributed by atoms with Gasteiger partial charge >= 0.3 is 6.36 Å². The molecule has 0 radical (unpaired) electrons. The Labute approximate surface area is 180 Å². The van der Waals surface area contributed by atoms with Gasteiger partial charge in [-0.05, 0) is 36.8 Å². The molecule has 0 saturated heterocycles. The fourth-order valence-electron chi connectivity index (χ4n) is 3.06. The van der Waals surface area contributed by atoms with Gasteiger partial charge in [-0.25, -0.2) is 0 Å². The zero-order chi connectivity index (χ0) is 19.4. The molecular weight excluding hydrogens is 486 g/mol. The molecule has 2 fully saturated rings. The van der Waals surface area contributed by atoms with Crippen LogP contribution >= 0.6 is 24.0 Å². The standard InChI is InChI=1S/C19H26F3N3O2.HI/c1-23-18(25(2)9-10-26-12-13-7-8-13)24-16-11-15(16)14-5-3-4-6-17(14)27-19(20,21)22;/h3-6,13,15-16H,7-12H2,1-2H3,(H,23,24);1H. The summed E-state index contributed by atoms with van der Waals surface area (Å²) in [5.41, 5.74) is 0.568. The first-order valence-corrected chi connectivity index (χ1v) is 9.24. The van der Waals surface area contributed by atoms with Crippen molar-refractivity contribution in [3.05, 3.63) is 29.8 Å². The van der Waals surface area contributed by atoms with E-state index in [1.165, 1.54) is 18.9 Å². The summed E-state index contributed by atoms with van der Waals surface area (Å²) in [6.07, 6.45) is -1.42. The van der Waals surface area contributed by atoms with E-state index < -0.39 is 6.36 Å². The molecule has 9 heteroatoms. The van der Waals surface area contributed by atoms with E-state index in [-0.39, 0.29) is 41.7 Å². The van der Waals surface area contributed by atoms with Crippen LogP contribution < -0.4 is 10.1 Å². The summed E-state index contributed by atoms with van der Waals surface area (Å²) in [4.78, 5) is 6.24. The summed E-state index contributed by atoms with van der Waals surface area (Å²) in [5.74, 6) is 1.29. The summed E-state index contributed by atoms with van der Waals surface area (Å²) in [6, 6.07) is 6.36. The molecule has 5 nitrogen and oxygen atoms in total. The van der Waals surface area contributed by atoms with Crippen LogP contribution in [0.25, 0.3) is 0 Å². The summed E-state index contributed by atoms with van der Waals surface area (Å²) < 4.78 is 47.6. The molecule has 2 aliphatic rings. The molecule has 0 amide bonds. The van der Waals surface area contributed by atoms with Crippen molar-refractivity contribution in [1.29, 1.82) is 0 Å². The summed E-state index contributed by atoms with van der Waals surface area (Å²) in [7, 11) is 3.62. The summed E-state index contributed by atoms with van der Waals surface area (Å²) >= 11 is 0. The van der Waals surface area contributed by atoms with E-state index >= 15 is 0 Å². The molecule has 1 N–H and O–H groups in total. The van der Waals surface area contributed by atoms with Gasteiger partial charge in [-0.1, -0.05) is 18.2 Å². The molecule has 0 heterocycles. The number of likely N-dealkylation sites (N-methyl/N-ethyl adjacent to an activating group) is 1. The smallest absolute Gasteiger partial charge is 0.405 e. The number of benzene rings is 1. The molecule has 1 aromatic carbocycles. The highest BCUT2D eigenvalue weighted by Crippen LogP contribution is 2.45. The van der Waals surface area contributed by atoms with Crippen molar-refractivity contribution in [2.75, 3.05) is 33.9 Å². The van der Waals surface area contributed by atoms with Gasteiger partial charge in [-0.2, -0.15) is 0 Å². The Hall–Kier alpha value is -1.23. The van der Waals surface area contributed by atoms with E-state index in [4.69, 9.17) is 4.74 Å². The van der Waals surface area contributed by atoms with E-state index in [0.717, 1.165) is 18.9 Å². The third-order valence-electron chi connectivity index (χ3n) is 4.84. The number of guanidine groups is 1. The maximum Gasteiger partial charge on any atom is 0.573 e. The number of hydrogen-bond acceptors (Lipinski definition) is 3. The topological polar surface area (TPSA) is 46.1 Å². The van der Waals surface area contributed by atoms with Crippen molar-refractivity contribution in [1.82, 2.24) is 10.2 Å². The third kappa shape index (κ3) is 6.98. The van der Waals surface area contributed by atoms with Crippen LogP contribution in [0.3, 0.4) is 0 Å². The van der Waals surface area contributed by atoms with Gasteiger partial charge in [0.2, 0.25) is 0 Å². The van der Waals surface area contributed by atoms with E-state index in [0.29, 0.717) is 24.7 Å². The summed E-state index contributed by atoms with van der Waals surface area (Å²) in [5, 5.41) is 3.32. The van der Waals surface area contributed by atoms with Gasteiger partial charge in [0.1, 0.15) is 5.75 Å². The Bertz CT molecular complexity index is 668. The van der Waals surface area contributed by atoms with Crippen molar-refractivity contribution in [3.8, 4) is 5.75 Å². The molecule has 2 atom stereocenters. The number of aliphatic imine (C=N–C) groups is 1. The molecule has 2 unspecified atom stereocenters. The molecule has 0 bridgehead atoms. The Balaban J connectivity index is 0.00000280. The molecule has 3 rings (SSSR count). The number of rotatable bonds is 8. The highest BCUT2D eigenvalue weighted by atomic mass is 127. The number of halogens is 4. The van der Waals surface area contributed by atoms with E-state index in [9.17, 15) is 13.2 Å². The second-order valence-electron chi connectivity index (χ2n) is 7.17. The quantitative estimate of drug-likeness (QED) is 0.247. The SMILES string of the molecule is CN=C(NC1CC1c1ccccc1OC(F)(F)F)N(C)CCOCC1CC1.I. The van der Waals surface area contributed by atoms with Crippen molar-refractivity contribution in [2.24, 2.45) is 10.9 Å². The highest BCUT2D eigenvalue weighted by Gasteiger charge is 2.42. The lowest BCUT2D eigenvalue weighted by atomic mass is 10.1. The van der Waals surface area contributed by atoms with E-state index in [1.54, 1.807) is 25.2 Å². The lowest BCUT2D eigenvalue weighted by Crippen LogP contribution is -2.42. The monoisotopic (exact) mass is 513 g/mol. The van der Waals surface area contributed by atoms with Crippen LogP contribution in [0.1, 0.15) is 30.7 Å². The fraction of sp³-hybridized carbons (Fsp3) is 0.632. The molecular formula is C19H27F3IN3O2. The van der Waals surface area contributed by atoms with Gasteiger partial charge in [0, 0.05) is 39.2 Å². The number of para-hydroxylation sites is 1. The van der Waals surface area contributed by atoms with Crippen LogP contribution in [0, 0.1) is 5.92 Å². The lowest BCUT2D eigenvalue weighted by Gasteiger charge is -2.22. The second-order valence-corrected chi connectivity index (χ2v) is 7.17. The maximum absolute atomic E-state index is 12.6. The van der Waals surface area contributed by atoms with Gasteiger partial charge in [0.05, 0.1) is 6.61 Å². The minimum atomic E-state index is -4.69. The molecule has 0 aromatic heterocycles. The predicted octanol–water partition coefficient (Wildman–Crippen LogP) is 3.99. The van der Waals surface area contributed by atoms with Gasteiger partial charge in [0.25, 0.3) is 0 Å². The molecule has 1 aromatic rings. The Kier molecular flexibility index (Phi) is 8.23. The van der Waals surface area contributed by atoms with Crippen LogP contribution in [0.4, 0.5) is 13.2 Å². The van der Waals surface area contributed by atoms with Crippen molar-refractivity contribution >= 4 is 29.9 Å². The Morgan fingerprint density at radius 2 is 2.00 bits per heavy atom. The first kappa shape index (κ1) is 23.1. The Morgan fingerprint density at radius 3 is 2.64 bits per heavy atom. The molecule has 0 spiro atoms. The van der Waals surface area contributed by atoms with Crippen LogP contribution in [0.2, 0.25) is 0 Å². The molecule has 2 saturated carbocycles. The largest absolute Gasteiger partial charge is 0.573 e. The van der Waals surface area contributed by atoms with E-state index in [2.05, 4.69) is 15.0 Å². The first-order chi connectivity index (χ1) is 12.9. The first-order valence-electron chi connectivity index (χ1n) is 9.24. The van der Waals surface area contributed by atoms with Crippen molar-refractivity contribution < 1.29 is 22.6 Å². The van der Waals surface area contributed by atoms with Gasteiger partial charge < -0.3 is 19.7 Å². The van der Waals surface area contributed by atoms with Gasteiger partial charge in [-0.3, -0.25) is 4.99 Å². The maximum atomic E-state index is 12.6. The number of ether oxygens (including phenoxy) is 2. The molecule has 2 aliphatic carbocycles. The van der Waals surface area contributed by atoms with Crippen LogP contribution in [-0.2, 0) is 4.74 Å². The minimum absolute atomic E-state index is 0. The average molecular weight is 513 g/mol. The normalized spacial score (nSPS) is 21.7. The number of alkyl halides is 3. The van der Waals surface area contributed by atoms with Gasteiger partial charge in [-0.15, -0.1) is 37.1 Å². The van der Waals surface area contributed by atoms with E-state index in [1.807, 2.05) is 11.9 Å². The van der Waals surface area contributed by atoms with Gasteiger partial charge in [0.15, 0.2) is 5.96 Å². The number of hydrogen-bond donors (Lipinski definition) is 1. The third-order valence-corrected chi connectivity index (χ3v) is 4.84. The molecule has 158 valence electrons. The zero-order valence-corrected chi connectivity index (χ0v) is 18.4. The number of nitrogens with zero attached hydrogens (tertiary/aromatic N) is 2. The highest BCUT2D eigenvalue weighted by molar-refractivity contribution is 14.0. The van der Waals surface area contributed by atoms with Crippen LogP contribution in [-0.4, -0.2) is 57.1 Å². The molecule has 28 heavy (non-hydrogen) atoms. The van der Waals surface area contributed by atoms with Crippen molar-refractivity contribution in [2.45, 2.75) is 37.6 Å². The van der Waals surface area contributed by atoms with Crippen LogP contribution in [0.15, 0.2) is 29.3 Å². The summed E-state index contributed by atoms with van der Waals surface area (Å²) in [6.45, 7) is 2.15. The molecule has 0 aliphatic heterocycles. The van der Waals surface area contributed by atoms with Crippen LogP contribution in [0.5, 0.6) is 5.75 Å². The number of nitrogens with one attached hydrogen (secondary N) is 1. The predicted molar refractivity (Wildman–Crippen MR) is 112 cm³/mol. The minimum Gasteiger partial charge on any atom is -0.405 e. The lowest BCUT2D eigenvalue weighted by molar-refractivity contribution is -0.274. The average Bonchev–Trinajstić information content (AvgIpc) is 3.51. The van der Waals surface area contributed by atoms with Crippen molar-refractivity contribution in [3.63, 3.8) is 0 Å². The zero-order valence-electron chi connectivity index (χ0n) is 16.0. The second kappa shape index (κ2) is 10.00. The fourth-order valence-corrected chi connectivity index (χ4v) is 3.06.